The summed E-state index contributed by atoms with van der Waals surface area (Å²) >= 11 is 0. The van der Waals surface area contributed by atoms with Crippen molar-refractivity contribution in [1.29, 1.82) is 0 Å². The van der Waals surface area contributed by atoms with Gasteiger partial charge in [-0.3, -0.25) is 0 Å². The molecule has 0 aromatic heterocycles. The zero-order valence-electron chi connectivity index (χ0n) is 11.7. The van der Waals surface area contributed by atoms with Gasteiger partial charge in [-0.25, -0.2) is 0 Å². The second-order valence-electron chi connectivity index (χ2n) is 7.53. The molecule has 0 amide bonds. The molecule has 0 spiro atoms. The minimum absolute atomic E-state index is 0.487. The number of allylic oxidation sites excluding steroid dienone is 1. The van der Waals surface area contributed by atoms with Crippen LogP contribution in [0.5, 0.6) is 0 Å². The molecular formula is C16H26. The molecule has 7 atom stereocenters. The van der Waals surface area contributed by atoms with Crippen LogP contribution in [0, 0.1) is 39.9 Å². The van der Waals surface area contributed by atoms with Crippen LogP contribution in [0.15, 0.2) is 12.2 Å². The lowest BCUT2D eigenvalue weighted by Gasteiger charge is -2.47. The molecular weight excluding hydrogens is 192 g/mol. The standard InChI is InChI=1S/C16H26/c1-9-10(2)16(7)14(5)8-13(9)15(16,6)12(4)11(14)3/h10-13H,1,8H2,2-7H3/t10-,11+,12+,13-,14-,15-,16-/m1/s1. The first-order valence-corrected chi connectivity index (χ1v) is 6.91. The fraction of sp³-hybridized carbons (Fsp3) is 0.875. The third-order valence-electron chi connectivity index (χ3n) is 8.23. The van der Waals surface area contributed by atoms with Crippen LogP contribution >= 0.6 is 0 Å². The predicted octanol–water partition coefficient (Wildman–Crippen LogP) is 4.52. The molecule has 0 aromatic carbocycles. The van der Waals surface area contributed by atoms with E-state index in [9.17, 15) is 0 Å². The molecule has 3 rings (SSSR count). The summed E-state index contributed by atoms with van der Waals surface area (Å²) in [5, 5.41) is 0. The molecule has 0 unspecified atom stereocenters. The van der Waals surface area contributed by atoms with Gasteiger partial charge < -0.3 is 0 Å². The smallest absolute Gasteiger partial charge is 0.0135 e. The van der Waals surface area contributed by atoms with E-state index in [2.05, 4.69) is 48.1 Å². The largest absolute Gasteiger partial charge is 0.0993 e. The molecule has 0 N–H and O–H groups in total. The van der Waals surface area contributed by atoms with Gasteiger partial charge in [0.05, 0.1) is 0 Å². The van der Waals surface area contributed by atoms with Gasteiger partial charge in [0, 0.05) is 0 Å². The van der Waals surface area contributed by atoms with Gasteiger partial charge in [-0.1, -0.05) is 53.7 Å². The highest BCUT2D eigenvalue weighted by molar-refractivity contribution is 5.38. The van der Waals surface area contributed by atoms with Gasteiger partial charge in [0.15, 0.2) is 0 Å². The third kappa shape index (κ3) is 0.646. The molecule has 0 heteroatoms. The molecule has 3 fully saturated rings. The Labute approximate surface area is 101 Å². The topological polar surface area (TPSA) is 0 Å². The zero-order chi connectivity index (χ0) is 12.1. The average Bonchev–Trinajstić information content (AvgIpc) is 2.56. The maximum atomic E-state index is 4.42. The predicted molar refractivity (Wildman–Crippen MR) is 69.1 cm³/mol. The Bertz CT molecular complexity index is 381. The molecule has 16 heavy (non-hydrogen) atoms. The number of hydrogen-bond acceptors (Lipinski definition) is 0. The number of hydrogen-bond donors (Lipinski definition) is 0. The van der Waals surface area contributed by atoms with Crippen molar-refractivity contribution in [2.45, 2.75) is 48.0 Å². The van der Waals surface area contributed by atoms with Crippen molar-refractivity contribution in [3.63, 3.8) is 0 Å². The summed E-state index contributed by atoms with van der Waals surface area (Å²) in [5.74, 6) is 3.23. The van der Waals surface area contributed by atoms with E-state index >= 15 is 0 Å². The highest BCUT2D eigenvalue weighted by atomic mass is 14.8. The van der Waals surface area contributed by atoms with Gasteiger partial charge in [-0.05, 0) is 46.3 Å². The minimum Gasteiger partial charge on any atom is -0.0993 e. The first kappa shape index (κ1) is 10.9. The zero-order valence-corrected chi connectivity index (χ0v) is 11.7. The fourth-order valence-corrected chi connectivity index (χ4v) is 6.50. The van der Waals surface area contributed by atoms with E-state index in [1.807, 2.05) is 0 Å². The Morgan fingerprint density at radius 3 is 2.12 bits per heavy atom. The molecule has 0 aromatic rings. The van der Waals surface area contributed by atoms with Crippen molar-refractivity contribution in [3.05, 3.63) is 12.2 Å². The summed E-state index contributed by atoms with van der Waals surface area (Å²) in [6.07, 6.45) is 1.40. The van der Waals surface area contributed by atoms with Crippen LogP contribution in [-0.4, -0.2) is 0 Å². The van der Waals surface area contributed by atoms with E-state index in [1.165, 1.54) is 6.42 Å². The first-order chi connectivity index (χ1) is 7.23. The summed E-state index contributed by atoms with van der Waals surface area (Å²) in [7, 11) is 0. The Morgan fingerprint density at radius 2 is 1.62 bits per heavy atom. The van der Waals surface area contributed by atoms with Crippen LogP contribution < -0.4 is 0 Å². The molecule has 0 radical (unpaired) electrons. The molecule has 0 saturated heterocycles. The van der Waals surface area contributed by atoms with Gasteiger partial charge in [0.1, 0.15) is 0 Å². The molecule has 0 aliphatic heterocycles. The quantitative estimate of drug-likeness (QED) is 0.524. The maximum absolute atomic E-state index is 4.42. The van der Waals surface area contributed by atoms with Crippen LogP contribution in [-0.2, 0) is 0 Å². The van der Waals surface area contributed by atoms with E-state index in [4.69, 9.17) is 0 Å². The second-order valence-corrected chi connectivity index (χ2v) is 7.53. The van der Waals surface area contributed by atoms with Crippen molar-refractivity contribution in [1.82, 2.24) is 0 Å². The molecule has 0 heterocycles. The highest BCUT2D eigenvalue weighted by Gasteiger charge is 2.80. The molecule has 3 aliphatic rings. The molecule has 3 aliphatic carbocycles. The fourth-order valence-electron chi connectivity index (χ4n) is 6.50. The van der Waals surface area contributed by atoms with Crippen molar-refractivity contribution < 1.29 is 0 Å². The SMILES string of the molecule is C=C1[C@H]2C[C@]3(C)[C@@H](C)[C@H](C)[C@@]2(C)[C@]3(C)[C@@H]1C. The van der Waals surface area contributed by atoms with Gasteiger partial charge in [0.25, 0.3) is 0 Å². The average molecular weight is 218 g/mol. The molecule has 3 saturated carbocycles. The van der Waals surface area contributed by atoms with E-state index < -0.39 is 0 Å². The van der Waals surface area contributed by atoms with Crippen molar-refractivity contribution in [3.8, 4) is 0 Å². The van der Waals surface area contributed by atoms with Crippen molar-refractivity contribution in [2.75, 3.05) is 0 Å². The Morgan fingerprint density at radius 1 is 1.06 bits per heavy atom. The minimum atomic E-state index is 0.487. The van der Waals surface area contributed by atoms with Crippen molar-refractivity contribution in [2.24, 2.45) is 39.9 Å². The van der Waals surface area contributed by atoms with Crippen LogP contribution in [0.1, 0.15) is 48.0 Å². The summed E-state index contributed by atoms with van der Waals surface area (Å²) in [6, 6.07) is 0. The molecule has 4 bridgehead atoms. The summed E-state index contributed by atoms with van der Waals surface area (Å²) in [4.78, 5) is 0. The van der Waals surface area contributed by atoms with Gasteiger partial charge >= 0.3 is 0 Å². The van der Waals surface area contributed by atoms with Gasteiger partial charge in [-0.15, -0.1) is 0 Å². The van der Waals surface area contributed by atoms with E-state index in [0.717, 1.165) is 17.8 Å². The van der Waals surface area contributed by atoms with Crippen molar-refractivity contribution >= 4 is 0 Å². The monoisotopic (exact) mass is 218 g/mol. The maximum Gasteiger partial charge on any atom is -0.0135 e. The summed E-state index contributed by atoms with van der Waals surface area (Å²) in [5.41, 5.74) is 3.10. The second kappa shape index (κ2) is 2.44. The first-order valence-electron chi connectivity index (χ1n) is 6.91. The Kier molecular flexibility index (Phi) is 1.66. The molecule has 90 valence electrons. The van der Waals surface area contributed by atoms with Crippen LogP contribution in [0.4, 0.5) is 0 Å². The highest BCUT2D eigenvalue weighted by Crippen LogP contribution is 2.86. The van der Waals surface area contributed by atoms with Crippen LogP contribution in [0.3, 0.4) is 0 Å². The lowest BCUT2D eigenvalue weighted by atomic mass is 9.57. The lowest BCUT2D eigenvalue weighted by molar-refractivity contribution is 0.0293. The van der Waals surface area contributed by atoms with E-state index in [0.29, 0.717) is 22.2 Å². The lowest BCUT2D eigenvalue weighted by Crippen LogP contribution is -2.41. The Balaban J connectivity index is 2.28. The van der Waals surface area contributed by atoms with Crippen LogP contribution in [0.2, 0.25) is 0 Å². The van der Waals surface area contributed by atoms with E-state index in [1.54, 1.807) is 5.57 Å². The molecule has 0 nitrogen and oxygen atoms in total. The third-order valence-corrected chi connectivity index (χ3v) is 8.23. The van der Waals surface area contributed by atoms with Crippen LogP contribution in [0.25, 0.3) is 0 Å². The summed E-state index contributed by atoms with van der Waals surface area (Å²) in [6.45, 7) is 19.5. The number of rotatable bonds is 0. The van der Waals surface area contributed by atoms with Gasteiger partial charge in [-0.2, -0.15) is 0 Å². The normalized spacial score (nSPS) is 68.0. The Hall–Kier alpha value is -0.260. The van der Waals surface area contributed by atoms with Gasteiger partial charge in [0.2, 0.25) is 0 Å². The van der Waals surface area contributed by atoms with E-state index in [-0.39, 0.29) is 0 Å². The summed E-state index contributed by atoms with van der Waals surface area (Å²) < 4.78 is 0.